The lowest BCUT2D eigenvalue weighted by Gasteiger charge is -2.55. The minimum absolute atomic E-state index is 0.0557. The molecule has 0 aromatic carbocycles. The van der Waals surface area contributed by atoms with Gasteiger partial charge in [0.2, 0.25) is 23.6 Å². The number of likely N-dealkylation sites (tertiary alicyclic amines) is 2. The quantitative estimate of drug-likeness (QED) is 0.520. The predicted octanol–water partition coefficient (Wildman–Crippen LogP) is 2.55. The number of hydrogen-bond acceptors (Lipinski definition) is 6. The van der Waals surface area contributed by atoms with Crippen LogP contribution < -0.4 is 0 Å². The molecule has 4 aliphatic heterocycles. The highest BCUT2D eigenvalue weighted by Crippen LogP contribution is 2.88. The standard InChI is InChI=1S/C30H36N2O6/c1-29-23-11-3-5-14-20(11)26-21(23)22-24(30(26,2)28(38-14)32-17(35)9-10-18(32)36)12-4-6-13(19(12)25(22)29)37-27(29)31-15(33)7-8-16(31)34/h11-14,19-28H,3-10H2,1-2H3/t11-,12+,13-,14-,19-,20+,21+,22+,23-,24+,25+,26-,27+,28-,29-,30-/m1/s1. The Balaban J connectivity index is 1.19. The van der Waals surface area contributed by atoms with Crippen LogP contribution >= 0.6 is 0 Å². The average molecular weight is 521 g/mol. The number of nitrogens with zero attached hydrogens (tertiary/aromatic N) is 2. The SMILES string of the molecule is C[C@@]12[C@@H]3[C@H]4[C@@H]5[C@H]6[C@H]7[C@@H](CC[C@H]7O[C@@H](N7C(=O)CCC7=O)[C@]6(C)[C@H]4[C@H]4CC[C@@H](O[C@@H]1N1C(=O)CCC1=O)[C@@H]43)[C@H]52. The zero-order valence-corrected chi connectivity index (χ0v) is 22.1. The van der Waals surface area contributed by atoms with E-state index in [1.165, 1.54) is 0 Å². The fraction of sp³-hybridized carbons (Fsp3) is 0.867. The molecular weight excluding hydrogens is 484 g/mol. The molecule has 6 aliphatic carbocycles. The summed E-state index contributed by atoms with van der Waals surface area (Å²) in [4.78, 5) is 55.7. The van der Waals surface area contributed by atoms with Gasteiger partial charge in [0.15, 0.2) is 0 Å². The van der Waals surface area contributed by atoms with E-state index in [-0.39, 0.29) is 46.7 Å². The zero-order valence-electron chi connectivity index (χ0n) is 22.1. The van der Waals surface area contributed by atoms with Crippen molar-refractivity contribution in [1.82, 2.24) is 9.80 Å². The van der Waals surface area contributed by atoms with E-state index in [0.717, 1.165) is 25.7 Å². The summed E-state index contributed by atoms with van der Waals surface area (Å²) in [7, 11) is 0. The van der Waals surface area contributed by atoms with Gasteiger partial charge in [-0.2, -0.15) is 0 Å². The highest BCUT2D eigenvalue weighted by Gasteiger charge is 2.88. The Bertz CT molecular complexity index is 1120. The first kappa shape index (κ1) is 22.0. The van der Waals surface area contributed by atoms with Gasteiger partial charge in [-0.25, -0.2) is 0 Å². The zero-order chi connectivity index (χ0) is 25.6. The second-order valence-corrected chi connectivity index (χ2v) is 15.0. The molecule has 6 saturated carbocycles. The van der Waals surface area contributed by atoms with Gasteiger partial charge in [0.25, 0.3) is 0 Å². The van der Waals surface area contributed by atoms with Crippen molar-refractivity contribution < 1.29 is 28.7 Å². The smallest absolute Gasteiger partial charge is 0.231 e. The van der Waals surface area contributed by atoms with Gasteiger partial charge < -0.3 is 9.47 Å². The maximum atomic E-state index is 13.1. The van der Waals surface area contributed by atoms with Crippen molar-refractivity contribution in [3.8, 4) is 0 Å². The number of hydrogen-bond donors (Lipinski definition) is 0. The Kier molecular flexibility index (Phi) is 3.70. The van der Waals surface area contributed by atoms with Crippen molar-refractivity contribution in [1.29, 1.82) is 0 Å². The molecule has 0 N–H and O–H groups in total. The van der Waals surface area contributed by atoms with E-state index >= 15 is 0 Å². The summed E-state index contributed by atoms with van der Waals surface area (Å²) in [6.07, 6.45) is 4.59. The van der Waals surface area contributed by atoms with E-state index in [2.05, 4.69) is 13.8 Å². The lowest BCUT2D eigenvalue weighted by Crippen LogP contribution is -2.62. The third kappa shape index (κ3) is 1.97. The van der Waals surface area contributed by atoms with Crippen molar-refractivity contribution in [3.05, 3.63) is 0 Å². The first-order chi connectivity index (χ1) is 18.3. The number of rotatable bonds is 2. The molecule has 10 rings (SSSR count). The van der Waals surface area contributed by atoms with Crippen LogP contribution in [-0.2, 0) is 28.7 Å². The van der Waals surface area contributed by atoms with Crippen LogP contribution in [0.5, 0.6) is 0 Å². The maximum absolute atomic E-state index is 13.1. The number of imide groups is 2. The van der Waals surface area contributed by atoms with Gasteiger partial charge in [-0.05, 0) is 84.9 Å². The van der Waals surface area contributed by atoms with Gasteiger partial charge >= 0.3 is 0 Å². The Morgan fingerprint density at radius 1 is 0.553 bits per heavy atom. The van der Waals surface area contributed by atoms with E-state index in [1.54, 1.807) is 9.80 Å². The molecule has 38 heavy (non-hydrogen) atoms. The average Bonchev–Trinajstić information content (AvgIpc) is 3.70. The van der Waals surface area contributed by atoms with E-state index < -0.39 is 12.5 Å². The molecule has 8 heteroatoms. The van der Waals surface area contributed by atoms with E-state index in [0.29, 0.717) is 84.9 Å². The molecule has 4 amide bonds. The van der Waals surface area contributed by atoms with Crippen LogP contribution in [0.15, 0.2) is 0 Å². The second-order valence-electron chi connectivity index (χ2n) is 15.0. The van der Waals surface area contributed by atoms with Crippen molar-refractivity contribution in [2.45, 2.75) is 89.9 Å². The summed E-state index contributed by atoms with van der Waals surface area (Å²) in [5.41, 5.74) is -0.479. The first-order valence-corrected chi connectivity index (χ1v) is 15.3. The fourth-order valence-corrected chi connectivity index (χ4v) is 14.2. The molecule has 16 atom stereocenters. The van der Waals surface area contributed by atoms with Crippen LogP contribution in [0, 0.1) is 70.0 Å². The third-order valence-corrected chi connectivity index (χ3v) is 14.5. The van der Waals surface area contributed by atoms with Gasteiger partial charge in [0, 0.05) is 36.5 Å². The van der Waals surface area contributed by atoms with Crippen LogP contribution in [0.25, 0.3) is 0 Å². The summed E-state index contributed by atoms with van der Waals surface area (Å²) in [6, 6.07) is 0. The normalized spacial score (nSPS) is 62.3. The van der Waals surface area contributed by atoms with Crippen molar-refractivity contribution in [2.75, 3.05) is 0 Å². The first-order valence-electron chi connectivity index (χ1n) is 15.3. The Labute approximate surface area is 222 Å². The molecule has 0 aromatic rings. The van der Waals surface area contributed by atoms with Gasteiger partial charge in [0.1, 0.15) is 12.5 Å². The van der Waals surface area contributed by atoms with Crippen LogP contribution in [0.1, 0.15) is 65.2 Å². The largest absolute Gasteiger partial charge is 0.354 e. The summed E-state index contributed by atoms with van der Waals surface area (Å²) in [5.74, 6) is 4.27. The van der Waals surface area contributed by atoms with Crippen LogP contribution in [-0.4, -0.2) is 58.1 Å². The van der Waals surface area contributed by atoms with E-state index in [4.69, 9.17) is 9.47 Å². The highest BCUT2D eigenvalue weighted by molar-refractivity contribution is 6.02. The summed E-state index contributed by atoms with van der Waals surface area (Å²) in [6.45, 7) is 4.79. The molecule has 0 bridgehead atoms. The number of amides is 4. The molecule has 4 heterocycles. The number of ether oxygens (including phenoxy) is 2. The molecule has 0 radical (unpaired) electrons. The van der Waals surface area contributed by atoms with Crippen molar-refractivity contribution >= 4 is 23.6 Å². The van der Waals surface area contributed by atoms with Gasteiger partial charge in [-0.3, -0.25) is 29.0 Å². The van der Waals surface area contributed by atoms with Crippen LogP contribution in [0.3, 0.4) is 0 Å². The summed E-state index contributed by atoms with van der Waals surface area (Å²) < 4.78 is 14.0. The molecule has 8 nitrogen and oxygen atoms in total. The van der Waals surface area contributed by atoms with Gasteiger partial charge in [-0.1, -0.05) is 13.8 Å². The minimum atomic E-state index is -0.451. The Morgan fingerprint density at radius 2 is 0.921 bits per heavy atom. The molecule has 0 unspecified atom stereocenters. The summed E-state index contributed by atoms with van der Waals surface area (Å²) >= 11 is 0. The molecule has 0 spiro atoms. The monoisotopic (exact) mass is 520 g/mol. The minimum Gasteiger partial charge on any atom is -0.354 e. The molecule has 202 valence electrons. The molecule has 0 aromatic heterocycles. The Morgan fingerprint density at radius 3 is 1.29 bits per heavy atom. The Hall–Kier alpha value is -1.80. The topological polar surface area (TPSA) is 93.2 Å². The lowest BCUT2D eigenvalue weighted by atomic mass is 9.60. The van der Waals surface area contributed by atoms with E-state index in [9.17, 15) is 19.2 Å². The molecule has 10 aliphatic rings. The molecule has 10 fully saturated rings. The van der Waals surface area contributed by atoms with Crippen LogP contribution in [0.4, 0.5) is 0 Å². The second kappa shape index (κ2) is 6.40. The van der Waals surface area contributed by atoms with Gasteiger partial charge in [-0.15, -0.1) is 0 Å². The lowest BCUT2D eigenvalue weighted by molar-refractivity contribution is -0.241. The van der Waals surface area contributed by atoms with Crippen molar-refractivity contribution in [3.63, 3.8) is 0 Å². The predicted molar refractivity (Wildman–Crippen MR) is 129 cm³/mol. The number of fused-ring (bicyclic) bond motifs is 4. The number of carbonyl (C=O) groups is 4. The third-order valence-electron chi connectivity index (χ3n) is 14.5. The van der Waals surface area contributed by atoms with Crippen LogP contribution in [0.2, 0.25) is 0 Å². The van der Waals surface area contributed by atoms with Gasteiger partial charge in [0.05, 0.1) is 12.2 Å². The molecular formula is C30H36N2O6. The fourth-order valence-electron chi connectivity index (χ4n) is 14.2. The van der Waals surface area contributed by atoms with Crippen molar-refractivity contribution in [2.24, 2.45) is 70.0 Å². The summed E-state index contributed by atoms with van der Waals surface area (Å²) in [5, 5.41) is 0. The number of carbonyl (C=O) groups excluding carboxylic acids is 4. The molecule has 4 saturated heterocycles. The highest BCUT2D eigenvalue weighted by atomic mass is 16.5. The maximum Gasteiger partial charge on any atom is 0.231 e. The van der Waals surface area contributed by atoms with E-state index in [1.807, 2.05) is 0 Å².